The number of rotatable bonds is 8. The summed E-state index contributed by atoms with van der Waals surface area (Å²) in [5.74, 6) is 2.15. The molecule has 1 aliphatic heterocycles. The zero-order chi connectivity index (χ0) is 21.1. The quantitative estimate of drug-likeness (QED) is 0.565. The molecule has 30 heavy (non-hydrogen) atoms. The number of hydrogen-bond donors (Lipinski definition) is 2. The number of H-pyrrole nitrogens is 1. The first-order valence-electron chi connectivity index (χ1n) is 9.95. The second-order valence-electron chi connectivity index (χ2n) is 7.24. The number of methoxy groups -OCH3 is 1. The maximum Gasteiger partial charge on any atom is 0.227 e. The minimum Gasteiger partial charge on any atom is -0.497 e. The van der Waals surface area contributed by atoms with Gasteiger partial charge in [0.05, 0.1) is 24.6 Å². The predicted octanol–water partition coefficient (Wildman–Crippen LogP) is 1.85. The van der Waals surface area contributed by atoms with Crippen molar-refractivity contribution in [1.29, 1.82) is 0 Å². The second-order valence-corrected chi connectivity index (χ2v) is 9.29. The summed E-state index contributed by atoms with van der Waals surface area (Å²) < 4.78 is 34.9. The smallest absolute Gasteiger partial charge is 0.227 e. The molecule has 1 aliphatic rings. The Labute approximate surface area is 176 Å². The Morgan fingerprint density at radius 3 is 2.87 bits per heavy atom. The Balaban J connectivity index is 1.67. The Morgan fingerprint density at radius 1 is 1.27 bits per heavy atom. The summed E-state index contributed by atoms with van der Waals surface area (Å²) in [5.41, 5.74) is 1.90. The van der Waals surface area contributed by atoms with Gasteiger partial charge in [0.25, 0.3) is 0 Å². The van der Waals surface area contributed by atoms with Crippen molar-refractivity contribution in [1.82, 2.24) is 24.5 Å². The molecule has 3 heterocycles. The minimum atomic E-state index is -3.34. The summed E-state index contributed by atoms with van der Waals surface area (Å²) in [4.78, 5) is 5.18. The van der Waals surface area contributed by atoms with Crippen molar-refractivity contribution >= 4 is 16.0 Å². The largest absolute Gasteiger partial charge is 0.497 e. The first-order chi connectivity index (χ1) is 14.5. The molecule has 0 radical (unpaired) electrons. The highest BCUT2D eigenvalue weighted by Crippen LogP contribution is 2.27. The zero-order valence-corrected chi connectivity index (χ0v) is 17.9. The summed E-state index contributed by atoms with van der Waals surface area (Å²) in [6.07, 6.45) is 2.40. The molecule has 2 N–H and O–H groups in total. The Bertz CT molecular complexity index is 1090. The monoisotopic (exact) mass is 430 g/mol. The number of aromatic amines is 1. The molecule has 1 aromatic carbocycles. The van der Waals surface area contributed by atoms with E-state index in [0.717, 1.165) is 17.0 Å². The molecule has 4 rings (SSSR count). The molecule has 3 aromatic rings. The van der Waals surface area contributed by atoms with Gasteiger partial charge in [-0.15, -0.1) is 10.2 Å². The van der Waals surface area contributed by atoms with Crippen LogP contribution in [0, 0.1) is 0 Å². The van der Waals surface area contributed by atoms with Crippen molar-refractivity contribution < 1.29 is 13.2 Å². The molecule has 1 atom stereocenters. The molecule has 0 spiro atoms. The number of benzene rings is 1. The number of sulfonamides is 1. The number of nitrogens with zero attached hydrogens (tertiary/aromatic N) is 4. The van der Waals surface area contributed by atoms with Crippen molar-refractivity contribution in [3.05, 3.63) is 48.2 Å². The van der Waals surface area contributed by atoms with E-state index in [4.69, 9.17) is 4.74 Å². The summed E-state index contributed by atoms with van der Waals surface area (Å²) in [5, 5.41) is 8.37. The number of ether oxygens (including phenoxy) is 1. The van der Waals surface area contributed by atoms with Gasteiger partial charge < -0.3 is 14.6 Å². The van der Waals surface area contributed by atoms with Crippen LogP contribution in [-0.2, 0) is 16.6 Å². The van der Waals surface area contributed by atoms with Crippen LogP contribution < -0.4 is 14.4 Å². The van der Waals surface area contributed by atoms with E-state index in [0.29, 0.717) is 44.4 Å². The third-order valence-electron chi connectivity index (χ3n) is 5.26. The summed E-state index contributed by atoms with van der Waals surface area (Å²) in [6.45, 7) is 3.71. The normalized spacial score (nSPS) is 16.9. The van der Waals surface area contributed by atoms with Crippen LogP contribution in [0.3, 0.4) is 0 Å². The standard InChI is InChI=1S/C20H26N6O3S/c1-3-22-30(27,28)17-9-11-25(14-17)20-24-23-19(18-8-5-10-21-18)26(20)13-15-6-4-7-16(12-15)29-2/h4-8,10,12,17,21-22H,3,9,11,13-14H2,1-2H3. The van der Waals surface area contributed by atoms with Crippen molar-refractivity contribution in [3.63, 3.8) is 0 Å². The van der Waals surface area contributed by atoms with Crippen LogP contribution in [0.2, 0.25) is 0 Å². The fourth-order valence-electron chi connectivity index (χ4n) is 3.78. The number of nitrogens with one attached hydrogen (secondary N) is 2. The minimum absolute atomic E-state index is 0.385. The number of hydrogen-bond acceptors (Lipinski definition) is 6. The molecule has 1 fully saturated rings. The summed E-state index contributed by atoms with van der Waals surface area (Å²) in [7, 11) is -1.70. The van der Waals surface area contributed by atoms with Gasteiger partial charge in [0, 0.05) is 25.8 Å². The Hall–Kier alpha value is -2.85. The van der Waals surface area contributed by atoms with Crippen LogP contribution in [0.15, 0.2) is 42.6 Å². The molecule has 0 bridgehead atoms. The first kappa shape index (κ1) is 20.4. The number of aromatic nitrogens is 4. The van der Waals surface area contributed by atoms with Crippen LogP contribution in [-0.4, -0.2) is 60.2 Å². The van der Waals surface area contributed by atoms with Crippen molar-refractivity contribution in [2.24, 2.45) is 0 Å². The van der Waals surface area contributed by atoms with E-state index in [1.165, 1.54) is 0 Å². The number of anilines is 1. The summed E-state index contributed by atoms with van der Waals surface area (Å²) in [6, 6.07) is 11.7. The maximum atomic E-state index is 12.4. The highest BCUT2D eigenvalue weighted by molar-refractivity contribution is 7.90. The molecular formula is C20H26N6O3S. The molecule has 0 saturated carbocycles. The first-order valence-corrected chi connectivity index (χ1v) is 11.5. The highest BCUT2D eigenvalue weighted by Gasteiger charge is 2.35. The van der Waals surface area contributed by atoms with Gasteiger partial charge in [0.2, 0.25) is 16.0 Å². The van der Waals surface area contributed by atoms with Gasteiger partial charge in [0.15, 0.2) is 5.82 Å². The lowest BCUT2D eigenvalue weighted by Gasteiger charge is -2.19. The van der Waals surface area contributed by atoms with Crippen LogP contribution in [0.1, 0.15) is 18.9 Å². The van der Waals surface area contributed by atoms with Gasteiger partial charge >= 0.3 is 0 Å². The molecular weight excluding hydrogens is 404 g/mol. The molecule has 1 unspecified atom stereocenters. The molecule has 1 saturated heterocycles. The molecule has 0 aliphatic carbocycles. The lowest BCUT2D eigenvalue weighted by molar-refractivity contribution is 0.414. The van der Waals surface area contributed by atoms with Crippen molar-refractivity contribution in [2.45, 2.75) is 25.1 Å². The van der Waals surface area contributed by atoms with Crippen LogP contribution in [0.5, 0.6) is 5.75 Å². The molecule has 10 heteroatoms. The average Bonchev–Trinajstić information content (AvgIpc) is 3.48. The van der Waals surface area contributed by atoms with Gasteiger partial charge in [-0.3, -0.25) is 4.57 Å². The topological polar surface area (TPSA) is 105 Å². The average molecular weight is 431 g/mol. The fourth-order valence-corrected chi connectivity index (χ4v) is 5.21. The maximum absolute atomic E-state index is 12.4. The van der Waals surface area contributed by atoms with Crippen LogP contribution >= 0.6 is 0 Å². The second kappa shape index (κ2) is 8.49. The van der Waals surface area contributed by atoms with Crippen LogP contribution in [0.25, 0.3) is 11.5 Å². The van der Waals surface area contributed by atoms with Gasteiger partial charge in [-0.05, 0) is 36.2 Å². The Morgan fingerprint density at radius 2 is 2.13 bits per heavy atom. The van der Waals surface area contributed by atoms with Gasteiger partial charge in [-0.2, -0.15) is 0 Å². The van der Waals surface area contributed by atoms with E-state index >= 15 is 0 Å². The third-order valence-corrected chi connectivity index (χ3v) is 7.21. The highest BCUT2D eigenvalue weighted by atomic mass is 32.2. The van der Waals surface area contributed by atoms with E-state index in [1.54, 1.807) is 14.0 Å². The zero-order valence-electron chi connectivity index (χ0n) is 17.1. The van der Waals surface area contributed by atoms with E-state index < -0.39 is 15.3 Å². The molecule has 160 valence electrons. The fraction of sp³-hybridized carbons (Fsp3) is 0.400. The summed E-state index contributed by atoms with van der Waals surface area (Å²) >= 11 is 0. The lowest BCUT2D eigenvalue weighted by atomic mass is 10.2. The van der Waals surface area contributed by atoms with Gasteiger partial charge in [0.1, 0.15) is 5.75 Å². The van der Waals surface area contributed by atoms with Gasteiger partial charge in [-0.25, -0.2) is 13.1 Å². The molecule has 2 aromatic heterocycles. The third kappa shape index (κ3) is 4.05. The lowest BCUT2D eigenvalue weighted by Crippen LogP contribution is -2.36. The molecule has 0 amide bonds. The Kier molecular flexibility index (Phi) is 5.78. The van der Waals surface area contributed by atoms with E-state index in [2.05, 4.69) is 19.9 Å². The molecule has 9 nitrogen and oxygen atoms in total. The SMILES string of the molecule is CCNS(=O)(=O)C1CCN(c2nnc(-c3ccc[nH]3)n2Cc2cccc(OC)c2)C1. The van der Waals surface area contributed by atoms with Crippen LogP contribution in [0.4, 0.5) is 5.95 Å². The van der Waals surface area contributed by atoms with E-state index in [9.17, 15) is 8.42 Å². The van der Waals surface area contributed by atoms with Crippen molar-refractivity contribution in [3.8, 4) is 17.3 Å². The predicted molar refractivity (Wildman–Crippen MR) is 115 cm³/mol. The van der Waals surface area contributed by atoms with E-state index in [-0.39, 0.29) is 0 Å². The van der Waals surface area contributed by atoms with E-state index in [1.807, 2.05) is 52.1 Å². The van der Waals surface area contributed by atoms with Gasteiger partial charge in [-0.1, -0.05) is 19.1 Å². The van der Waals surface area contributed by atoms with Crippen molar-refractivity contribution in [2.75, 3.05) is 31.6 Å².